The van der Waals surface area contributed by atoms with Gasteiger partial charge in [0.1, 0.15) is 28.8 Å². The fourth-order valence-corrected chi connectivity index (χ4v) is 6.01. The van der Waals surface area contributed by atoms with Crippen LogP contribution in [0, 0.1) is 5.82 Å². The maximum Gasteiger partial charge on any atom is 0.427 e. The van der Waals surface area contributed by atoms with Gasteiger partial charge in [-0.2, -0.15) is 9.97 Å². The number of allylic oxidation sites excluding steroid dienone is 1. The first kappa shape index (κ1) is 39.5. The van der Waals surface area contributed by atoms with Crippen LogP contribution < -0.4 is 33.9 Å². The van der Waals surface area contributed by atoms with Crippen molar-refractivity contribution >= 4 is 51.3 Å². The summed E-state index contributed by atoms with van der Waals surface area (Å²) in [6.45, 7) is 3.68. The topological polar surface area (TPSA) is 207 Å². The van der Waals surface area contributed by atoms with Crippen LogP contribution in [0.2, 0.25) is 5.02 Å². The van der Waals surface area contributed by atoms with Crippen LogP contribution in [0.5, 0.6) is 23.5 Å². The average molecular weight is 767 g/mol. The molecule has 0 bridgehead atoms. The number of halogens is 2. The fourth-order valence-electron chi connectivity index (χ4n) is 4.76. The van der Waals surface area contributed by atoms with Crippen LogP contribution in [-0.2, 0) is 24.3 Å². The van der Waals surface area contributed by atoms with Gasteiger partial charge in [0.15, 0.2) is 5.76 Å². The van der Waals surface area contributed by atoms with Crippen molar-refractivity contribution in [2.75, 3.05) is 44.8 Å². The van der Waals surface area contributed by atoms with Crippen LogP contribution in [0.3, 0.4) is 0 Å². The number of methoxy groups -OCH3 is 3. The summed E-state index contributed by atoms with van der Waals surface area (Å²) >= 11 is 6.04. The zero-order valence-electron chi connectivity index (χ0n) is 28.7. The average Bonchev–Trinajstić information content (AvgIpc) is 3.73. The highest BCUT2D eigenvalue weighted by Crippen LogP contribution is 2.37. The molecule has 2 heterocycles. The Hall–Kier alpha value is -5.27. The minimum atomic E-state index is -4.24. The van der Waals surface area contributed by atoms with Gasteiger partial charge in [0, 0.05) is 13.2 Å². The van der Waals surface area contributed by atoms with Crippen LogP contribution in [0.25, 0.3) is 0 Å². The maximum absolute atomic E-state index is 14.3. The fraction of sp³-hybridized carbons (Fsp3) is 0.375. The highest BCUT2D eigenvalue weighted by molar-refractivity contribution is 7.90. The molecule has 2 aromatic carbocycles. The van der Waals surface area contributed by atoms with Gasteiger partial charge in [0.05, 0.1) is 37.6 Å². The van der Waals surface area contributed by atoms with Gasteiger partial charge in [-0.25, -0.2) is 32.0 Å². The molecule has 1 aliphatic carbocycles. The molecule has 1 saturated heterocycles. The number of nitrogens with zero attached hydrogens (tertiary/aromatic N) is 4. The van der Waals surface area contributed by atoms with Gasteiger partial charge in [-0.15, -0.1) is 4.98 Å². The number of cyclic esters (lactones) is 1. The lowest BCUT2D eigenvalue weighted by atomic mass is 10.2. The number of sulfonamides is 1. The number of carbonyl (C=O) groups is 3. The van der Waals surface area contributed by atoms with E-state index in [-0.39, 0.29) is 70.2 Å². The van der Waals surface area contributed by atoms with Crippen LogP contribution in [0.15, 0.2) is 52.6 Å². The Labute approximate surface area is 303 Å². The molecule has 17 nitrogen and oxygen atoms in total. The highest BCUT2D eigenvalue weighted by atomic mass is 35.5. The SMILES string of the molecule is CC(C)=C1OC(=O)N(c2cc(OC3CCCC3)c(Cl)cc2F)C1=O.COCCOc1ccccc1S(=O)(=O)NC(=O)Nc1nc(OC)nc(OC)n1. The number of amides is 4. The van der Waals surface area contributed by atoms with Gasteiger partial charge >= 0.3 is 30.1 Å². The number of anilines is 2. The number of imide groups is 1. The summed E-state index contributed by atoms with van der Waals surface area (Å²) in [5, 5.41) is 2.28. The number of para-hydroxylation sites is 1. The number of hydrogen-bond acceptors (Lipinski definition) is 14. The molecule has 4 amide bonds. The Balaban J connectivity index is 0.000000235. The molecule has 0 radical (unpaired) electrons. The number of aromatic nitrogens is 3. The second-order valence-corrected chi connectivity index (χ2v) is 13.1. The first-order chi connectivity index (χ1) is 24.8. The van der Waals surface area contributed by atoms with Crippen molar-refractivity contribution in [2.24, 2.45) is 0 Å². The lowest BCUT2D eigenvalue weighted by Gasteiger charge is -2.18. The normalized spacial score (nSPS) is 14.3. The van der Waals surface area contributed by atoms with Crippen molar-refractivity contribution in [1.82, 2.24) is 19.7 Å². The molecular weight excluding hydrogens is 731 g/mol. The second-order valence-electron chi connectivity index (χ2n) is 11.1. The van der Waals surface area contributed by atoms with E-state index in [1.54, 1.807) is 19.9 Å². The monoisotopic (exact) mass is 766 g/mol. The third-order valence-electron chi connectivity index (χ3n) is 7.16. The van der Waals surface area contributed by atoms with E-state index in [1.165, 1.54) is 45.6 Å². The Morgan fingerprint density at radius 3 is 2.25 bits per heavy atom. The molecule has 2 fully saturated rings. The summed E-state index contributed by atoms with van der Waals surface area (Å²) in [4.78, 5) is 48.2. The van der Waals surface area contributed by atoms with E-state index < -0.39 is 33.9 Å². The predicted octanol–water partition coefficient (Wildman–Crippen LogP) is 5.00. The number of rotatable bonds is 12. The number of carbonyl (C=O) groups excluding carboxylic acids is 3. The van der Waals surface area contributed by atoms with Gasteiger partial charge in [-0.05, 0) is 63.3 Å². The zero-order valence-corrected chi connectivity index (χ0v) is 30.3. The minimum Gasteiger partial charge on any atom is -0.490 e. The minimum absolute atomic E-state index is 0.00962. The molecule has 1 saturated carbocycles. The molecule has 1 aromatic heterocycles. The van der Waals surface area contributed by atoms with Gasteiger partial charge < -0.3 is 28.4 Å². The lowest BCUT2D eigenvalue weighted by Crippen LogP contribution is -2.35. The van der Waals surface area contributed by atoms with Crippen molar-refractivity contribution in [3.63, 3.8) is 0 Å². The Morgan fingerprint density at radius 2 is 1.65 bits per heavy atom. The molecule has 280 valence electrons. The molecule has 5 rings (SSSR count). The quantitative estimate of drug-likeness (QED) is 0.184. The van der Waals surface area contributed by atoms with Crippen LogP contribution in [0.1, 0.15) is 39.5 Å². The van der Waals surface area contributed by atoms with Gasteiger partial charge in [0.2, 0.25) is 5.95 Å². The van der Waals surface area contributed by atoms with E-state index in [4.69, 9.17) is 40.0 Å². The van der Waals surface area contributed by atoms with Crippen molar-refractivity contribution in [2.45, 2.75) is 50.5 Å². The third kappa shape index (κ3) is 9.95. The molecule has 0 unspecified atom stereocenters. The van der Waals surface area contributed by atoms with Crippen molar-refractivity contribution in [3.05, 3.63) is 58.6 Å². The van der Waals surface area contributed by atoms with Crippen LogP contribution in [0.4, 0.5) is 25.6 Å². The molecule has 0 spiro atoms. The van der Waals surface area contributed by atoms with Crippen molar-refractivity contribution in [3.8, 4) is 23.5 Å². The van der Waals surface area contributed by atoms with Crippen molar-refractivity contribution in [1.29, 1.82) is 0 Å². The summed E-state index contributed by atoms with van der Waals surface area (Å²) in [6, 6.07) is 6.84. The largest absolute Gasteiger partial charge is 0.490 e. The summed E-state index contributed by atoms with van der Waals surface area (Å²) in [7, 11) is -0.133. The number of nitrogens with one attached hydrogen (secondary N) is 2. The molecule has 52 heavy (non-hydrogen) atoms. The Morgan fingerprint density at radius 1 is 1.00 bits per heavy atom. The number of urea groups is 1. The molecule has 20 heteroatoms. The van der Waals surface area contributed by atoms with E-state index in [1.807, 2.05) is 4.72 Å². The summed E-state index contributed by atoms with van der Waals surface area (Å²) in [5.41, 5.74) is 0.311. The van der Waals surface area contributed by atoms with Crippen molar-refractivity contribution < 1.29 is 55.6 Å². The van der Waals surface area contributed by atoms with Gasteiger partial charge in [-0.3, -0.25) is 10.1 Å². The molecule has 2 N–H and O–H groups in total. The smallest absolute Gasteiger partial charge is 0.427 e. The standard InChI is InChI=1S/C17H17ClFNO4.C15H19N5O7S/c1-9(2)15-16(21)20(17(22)24-15)13-8-14(11(18)7-12(13)19)23-10-5-3-4-6-10;1-24-8-9-27-10-6-4-5-7-11(10)28(22,23)20-13(21)16-12-17-14(25-2)19-15(18-12)26-3/h7-8,10H,3-6H2,1-2H3;4-7H,8-9H2,1-3H3,(H2,16,17,18,19,20,21). The molecule has 0 atom stereocenters. The van der Waals surface area contributed by atoms with E-state index in [2.05, 4.69) is 20.3 Å². The summed E-state index contributed by atoms with van der Waals surface area (Å²) < 4.78 is 72.0. The molecule has 2 aliphatic rings. The number of ether oxygens (including phenoxy) is 6. The lowest BCUT2D eigenvalue weighted by molar-refractivity contribution is -0.114. The zero-order chi connectivity index (χ0) is 38.0. The maximum atomic E-state index is 14.3. The second kappa shape index (κ2) is 17.8. The van der Waals surface area contributed by atoms with Crippen LogP contribution >= 0.6 is 11.6 Å². The molecule has 3 aromatic rings. The third-order valence-corrected chi connectivity index (χ3v) is 8.82. The number of benzene rings is 2. The summed E-state index contributed by atoms with van der Waals surface area (Å²) in [5.74, 6) is -1.52. The van der Waals surface area contributed by atoms with E-state index >= 15 is 0 Å². The first-order valence-corrected chi connectivity index (χ1v) is 17.4. The Kier molecular flexibility index (Phi) is 13.5. The van der Waals surface area contributed by atoms with Gasteiger partial charge in [-0.1, -0.05) is 23.7 Å². The van der Waals surface area contributed by atoms with E-state index in [0.717, 1.165) is 31.7 Å². The first-order valence-electron chi connectivity index (χ1n) is 15.6. The molecular formula is C32H36ClFN6O11S. The van der Waals surface area contributed by atoms with E-state index in [9.17, 15) is 27.2 Å². The Bertz CT molecular complexity index is 1920. The highest BCUT2D eigenvalue weighted by Gasteiger charge is 2.40. The predicted molar refractivity (Wildman–Crippen MR) is 183 cm³/mol. The van der Waals surface area contributed by atoms with Gasteiger partial charge in [0.25, 0.3) is 10.0 Å². The summed E-state index contributed by atoms with van der Waals surface area (Å²) in [6.07, 6.45) is 3.00. The number of hydrogen-bond donors (Lipinski definition) is 2. The van der Waals surface area contributed by atoms with Crippen LogP contribution in [-0.4, -0.2) is 82.0 Å². The van der Waals surface area contributed by atoms with E-state index in [0.29, 0.717) is 10.5 Å². The molecule has 1 aliphatic heterocycles.